The third kappa shape index (κ3) is 3.40. The second kappa shape index (κ2) is 4.86. The summed E-state index contributed by atoms with van der Waals surface area (Å²) < 4.78 is 36.4. The molecule has 0 aromatic carbocycles. The van der Waals surface area contributed by atoms with E-state index >= 15 is 0 Å². The number of hydrogen-bond acceptors (Lipinski definition) is 4. The van der Waals surface area contributed by atoms with Crippen molar-refractivity contribution in [2.45, 2.75) is 17.2 Å². The molecule has 2 atom stereocenters. The third-order valence-corrected chi connectivity index (χ3v) is 4.55. The molecule has 15 heavy (non-hydrogen) atoms. The Labute approximate surface area is 91.0 Å². The van der Waals surface area contributed by atoms with Crippen LogP contribution in [0, 0.1) is 0 Å². The predicted octanol–water partition coefficient (Wildman–Crippen LogP) is -0.545. The highest BCUT2D eigenvalue weighted by atomic mass is 32.2. The largest absolute Gasteiger partial charge is 0.266 e. The zero-order valence-corrected chi connectivity index (χ0v) is 10.1. The molecule has 0 amide bonds. The number of hydrogen-bond donors (Lipinski definition) is 2. The molecule has 2 unspecified atom stereocenters. The molecule has 86 valence electrons. The van der Waals surface area contributed by atoms with Gasteiger partial charge in [0.2, 0.25) is 0 Å². The fourth-order valence-electron chi connectivity index (χ4n) is 0.815. The van der Waals surface area contributed by atoms with Crippen molar-refractivity contribution in [3.8, 4) is 0 Å². The lowest BCUT2D eigenvalue weighted by atomic mass is 10.5. The van der Waals surface area contributed by atoms with Gasteiger partial charge in [0.15, 0.2) is 5.03 Å². The number of aromatic nitrogens is 2. The van der Waals surface area contributed by atoms with Crippen LogP contribution in [0.4, 0.5) is 0 Å². The van der Waals surface area contributed by atoms with Crippen molar-refractivity contribution >= 4 is 20.8 Å². The Kier molecular flexibility index (Phi) is 4.00. The average Bonchev–Trinajstić information content (AvgIpc) is 2.67. The highest BCUT2D eigenvalue weighted by Crippen LogP contribution is 2.02. The van der Waals surface area contributed by atoms with E-state index in [9.17, 15) is 12.6 Å². The van der Waals surface area contributed by atoms with Gasteiger partial charge >= 0.3 is 0 Å². The Morgan fingerprint density at radius 2 is 2.33 bits per heavy atom. The number of nitrogens with one attached hydrogen (secondary N) is 2. The van der Waals surface area contributed by atoms with Gasteiger partial charge in [-0.3, -0.25) is 9.31 Å². The van der Waals surface area contributed by atoms with Gasteiger partial charge in [-0.15, -0.1) is 0 Å². The first-order valence-electron chi connectivity index (χ1n) is 4.25. The van der Waals surface area contributed by atoms with Crippen LogP contribution in [0.2, 0.25) is 0 Å². The maximum absolute atomic E-state index is 11.5. The molecule has 0 saturated carbocycles. The highest BCUT2D eigenvalue weighted by molar-refractivity contribution is 7.89. The van der Waals surface area contributed by atoms with Crippen LogP contribution in [0.1, 0.15) is 6.92 Å². The predicted molar refractivity (Wildman–Crippen MR) is 57.3 cm³/mol. The van der Waals surface area contributed by atoms with E-state index in [2.05, 4.69) is 14.9 Å². The normalized spacial score (nSPS) is 16.1. The molecule has 8 heteroatoms. The zero-order chi connectivity index (χ0) is 11.5. The summed E-state index contributed by atoms with van der Waals surface area (Å²) in [5.74, 6) is 0. The summed E-state index contributed by atoms with van der Waals surface area (Å²) in [5, 5.41) is 5.69. The minimum Gasteiger partial charge on any atom is -0.266 e. The number of sulfonamides is 1. The van der Waals surface area contributed by atoms with Gasteiger partial charge < -0.3 is 0 Å². The minimum atomic E-state index is -3.55. The van der Waals surface area contributed by atoms with E-state index in [1.165, 1.54) is 18.5 Å². The summed E-state index contributed by atoms with van der Waals surface area (Å²) in [7, 11) is -4.59. The van der Waals surface area contributed by atoms with Crippen LogP contribution in [0.3, 0.4) is 0 Å². The fourth-order valence-corrected chi connectivity index (χ4v) is 2.28. The van der Waals surface area contributed by atoms with Crippen molar-refractivity contribution in [1.82, 2.24) is 14.9 Å². The van der Waals surface area contributed by atoms with E-state index < -0.39 is 20.8 Å². The summed E-state index contributed by atoms with van der Waals surface area (Å²) in [4.78, 5) is 0. The highest BCUT2D eigenvalue weighted by Gasteiger charge is 2.17. The lowest BCUT2D eigenvalue weighted by molar-refractivity contribution is 0.576. The number of nitrogens with zero attached hydrogens (tertiary/aromatic N) is 1. The van der Waals surface area contributed by atoms with Crippen molar-refractivity contribution < 1.29 is 12.6 Å². The molecule has 0 radical (unpaired) electrons. The summed E-state index contributed by atoms with van der Waals surface area (Å²) in [5.41, 5.74) is 0. The van der Waals surface area contributed by atoms with Crippen molar-refractivity contribution in [2.24, 2.45) is 0 Å². The molecule has 0 aliphatic carbocycles. The Morgan fingerprint density at radius 3 is 2.80 bits per heavy atom. The smallest absolute Gasteiger partial charge is 0.257 e. The van der Waals surface area contributed by atoms with Crippen LogP contribution in [-0.2, 0) is 20.8 Å². The van der Waals surface area contributed by atoms with Gasteiger partial charge in [-0.2, -0.15) is 5.10 Å². The summed E-state index contributed by atoms with van der Waals surface area (Å²) in [6.07, 6.45) is 2.89. The molecule has 0 spiro atoms. The van der Waals surface area contributed by atoms with Gasteiger partial charge in [-0.1, -0.05) is 0 Å². The first-order chi connectivity index (χ1) is 6.93. The SMILES string of the molecule is CC(CNS(=O)(=O)c1ccn[nH]1)S(C)=O. The molecule has 0 bridgehead atoms. The zero-order valence-electron chi connectivity index (χ0n) is 8.43. The van der Waals surface area contributed by atoms with Gasteiger partial charge in [-0.25, -0.2) is 13.1 Å². The van der Waals surface area contributed by atoms with Crippen molar-refractivity contribution in [1.29, 1.82) is 0 Å². The summed E-state index contributed by atoms with van der Waals surface area (Å²) in [6.45, 7) is 1.86. The average molecular weight is 251 g/mol. The molecule has 0 aliphatic rings. The van der Waals surface area contributed by atoms with E-state index in [4.69, 9.17) is 0 Å². The van der Waals surface area contributed by atoms with Crippen molar-refractivity contribution in [3.05, 3.63) is 12.3 Å². The molecule has 1 rings (SSSR count). The second-order valence-corrected chi connectivity index (χ2v) is 6.62. The van der Waals surface area contributed by atoms with E-state index in [1.54, 1.807) is 6.92 Å². The Balaban J connectivity index is 2.63. The van der Waals surface area contributed by atoms with E-state index in [1.807, 2.05) is 0 Å². The molecule has 0 aliphatic heterocycles. The lowest BCUT2D eigenvalue weighted by Gasteiger charge is -2.09. The molecule has 6 nitrogen and oxygen atoms in total. The van der Waals surface area contributed by atoms with Gasteiger partial charge in [0, 0.05) is 28.9 Å². The maximum Gasteiger partial charge on any atom is 0.257 e. The maximum atomic E-state index is 11.5. The molecule has 2 N–H and O–H groups in total. The molecular formula is C7H13N3O3S2. The Morgan fingerprint density at radius 1 is 1.67 bits per heavy atom. The summed E-state index contributed by atoms with van der Waals surface area (Å²) >= 11 is 0. The number of rotatable bonds is 5. The number of aromatic amines is 1. The molecule has 1 aromatic rings. The van der Waals surface area contributed by atoms with Crippen LogP contribution in [0.15, 0.2) is 17.3 Å². The quantitative estimate of drug-likeness (QED) is 0.735. The monoisotopic (exact) mass is 251 g/mol. The van der Waals surface area contributed by atoms with E-state index in [-0.39, 0.29) is 16.8 Å². The van der Waals surface area contributed by atoms with Crippen LogP contribution in [0.25, 0.3) is 0 Å². The first kappa shape index (κ1) is 12.3. The minimum absolute atomic E-state index is 0.0107. The third-order valence-electron chi connectivity index (χ3n) is 1.89. The molecule has 1 heterocycles. The fraction of sp³-hybridized carbons (Fsp3) is 0.571. The lowest BCUT2D eigenvalue weighted by Crippen LogP contribution is -2.32. The van der Waals surface area contributed by atoms with Gasteiger partial charge in [0.05, 0.1) is 6.20 Å². The topological polar surface area (TPSA) is 91.9 Å². The van der Waals surface area contributed by atoms with E-state index in [0.717, 1.165) is 0 Å². The molecule has 0 fully saturated rings. The Hall–Kier alpha value is -0.730. The van der Waals surface area contributed by atoms with Gasteiger partial charge in [0.25, 0.3) is 10.0 Å². The Bertz CT molecular complexity index is 426. The standard InChI is InChI=1S/C7H13N3O3S2/c1-6(14(2)11)5-9-15(12,13)7-3-4-8-10-7/h3-4,6,9H,5H2,1-2H3,(H,8,10). The summed E-state index contributed by atoms with van der Waals surface area (Å²) in [6, 6.07) is 1.36. The first-order valence-corrected chi connectivity index (χ1v) is 7.35. The number of H-pyrrole nitrogens is 1. The van der Waals surface area contributed by atoms with Crippen LogP contribution >= 0.6 is 0 Å². The van der Waals surface area contributed by atoms with Crippen LogP contribution in [-0.4, -0.2) is 40.9 Å². The molecule has 1 aromatic heterocycles. The molecule has 0 saturated heterocycles. The molecular weight excluding hydrogens is 238 g/mol. The second-order valence-electron chi connectivity index (χ2n) is 3.08. The van der Waals surface area contributed by atoms with Crippen LogP contribution < -0.4 is 4.72 Å². The van der Waals surface area contributed by atoms with Crippen molar-refractivity contribution in [3.63, 3.8) is 0 Å². The van der Waals surface area contributed by atoms with E-state index in [0.29, 0.717) is 0 Å². The van der Waals surface area contributed by atoms with Gasteiger partial charge in [0.1, 0.15) is 0 Å². The van der Waals surface area contributed by atoms with Gasteiger partial charge in [-0.05, 0) is 13.0 Å². The van der Waals surface area contributed by atoms with Crippen LogP contribution in [0.5, 0.6) is 0 Å². The van der Waals surface area contributed by atoms with Crippen molar-refractivity contribution in [2.75, 3.05) is 12.8 Å².